The van der Waals surface area contributed by atoms with Gasteiger partial charge in [0.15, 0.2) is 0 Å². The van der Waals surface area contributed by atoms with Crippen molar-refractivity contribution in [1.29, 1.82) is 0 Å². The summed E-state index contributed by atoms with van der Waals surface area (Å²) in [6.45, 7) is 20.6. The van der Waals surface area contributed by atoms with E-state index in [1.165, 1.54) is 103 Å². The fourth-order valence-corrected chi connectivity index (χ4v) is 11.7. The molecule has 2 aliphatic rings. The van der Waals surface area contributed by atoms with Crippen LogP contribution in [0.3, 0.4) is 0 Å². The number of fused-ring (bicyclic) bond motifs is 3. The van der Waals surface area contributed by atoms with Crippen LogP contribution in [0.15, 0.2) is 108 Å². The molecule has 0 amide bonds. The number of benzene rings is 4. The Morgan fingerprint density at radius 1 is 0.710 bits per heavy atom. The number of hydrogen-bond acceptors (Lipinski definition) is 1. The molecular weight excluding hydrogens is 956 g/mol. The molecule has 0 saturated heterocycles. The minimum atomic E-state index is -1.42. The third-order valence-corrected chi connectivity index (χ3v) is 15.4. The van der Waals surface area contributed by atoms with E-state index < -0.39 is 8.07 Å². The summed E-state index contributed by atoms with van der Waals surface area (Å²) in [6.07, 6.45) is 17.6. The first-order valence-corrected chi connectivity index (χ1v) is 26.1. The number of nitrogens with zero attached hydrogens (tertiary/aromatic N) is 2. The summed E-state index contributed by atoms with van der Waals surface area (Å²) in [5.74, 6) is 1.78. The van der Waals surface area contributed by atoms with Crippen LogP contribution < -0.4 is 14.3 Å². The number of aromatic nitrogens is 2. The van der Waals surface area contributed by atoms with E-state index in [2.05, 4.69) is 127 Å². The SMILES string of the molecule is [CH2-]c1cc(C2CCCCC2)ccc1-c1cc(C(C)C)c([Si](C)(C)C)c[n+]1[CH2-].[CH2-]c1ccc2c(oc3ccc(-c4ccc(F)cc4)cc32)c1-c1cc(CC2CCCC2)cc[n+]1[CH2-].[Ir]. The topological polar surface area (TPSA) is 20.9 Å². The van der Waals surface area contributed by atoms with Gasteiger partial charge in [0, 0.05) is 45.0 Å². The first-order chi connectivity index (χ1) is 29.2. The Morgan fingerprint density at radius 3 is 2.08 bits per heavy atom. The van der Waals surface area contributed by atoms with Gasteiger partial charge < -0.3 is 13.6 Å². The van der Waals surface area contributed by atoms with Crippen LogP contribution in [0.5, 0.6) is 0 Å². The fourth-order valence-electron chi connectivity index (χ4n) is 9.94. The molecule has 6 heteroatoms. The number of furan rings is 1. The van der Waals surface area contributed by atoms with Crippen LogP contribution in [-0.2, 0) is 26.5 Å². The van der Waals surface area contributed by atoms with Crippen LogP contribution in [0.2, 0.25) is 19.6 Å². The van der Waals surface area contributed by atoms with Crippen molar-refractivity contribution in [2.45, 2.75) is 110 Å². The predicted octanol–water partition coefficient (Wildman–Crippen LogP) is 14.1. The molecule has 4 aromatic carbocycles. The van der Waals surface area contributed by atoms with Crippen LogP contribution in [0, 0.1) is 39.7 Å². The molecule has 0 N–H and O–H groups in total. The van der Waals surface area contributed by atoms with Crippen LogP contribution in [0.4, 0.5) is 4.39 Å². The molecule has 0 unspecified atom stereocenters. The largest absolute Gasteiger partial charge is 0.469 e. The van der Waals surface area contributed by atoms with E-state index in [0.29, 0.717) is 5.92 Å². The van der Waals surface area contributed by atoms with Gasteiger partial charge in [-0.05, 0) is 77.6 Å². The van der Waals surface area contributed by atoms with Crippen LogP contribution in [0.1, 0.15) is 111 Å². The van der Waals surface area contributed by atoms with E-state index in [4.69, 9.17) is 4.42 Å². The number of pyridine rings is 2. The Balaban J connectivity index is 0.000000189. The maximum atomic E-state index is 13.4. The molecule has 1 radical (unpaired) electrons. The fraction of sp³-hybridized carbons (Fsp3) is 0.321. The van der Waals surface area contributed by atoms with Gasteiger partial charge in [-0.2, -0.15) is 37.1 Å². The van der Waals surface area contributed by atoms with Crippen molar-refractivity contribution in [1.82, 2.24) is 0 Å². The smallest absolute Gasteiger partial charge is 0.133 e. The zero-order valence-electron chi connectivity index (χ0n) is 37.5. The van der Waals surface area contributed by atoms with Gasteiger partial charge in [-0.1, -0.05) is 138 Å². The Labute approximate surface area is 385 Å². The monoisotopic (exact) mass is 1020 g/mol. The molecule has 3 nitrogen and oxygen atoms in total. The second-order valence-electron chi connectivity index (χ2n) is 19.2. The van der Waals surface area contributed by atoms with Crippen molar-refractivity contribution in [3.8, 4) is 33.6 Å². The molecule has 7 aromatic rings. The van der Waals surface area contributed by atoms with Crippen LogP contribution >= 0.6 is 0 Å². The minimum Gasteiger partial charge on any atom is -0.469 e. The summed E-state index contributed by atoms with van der Waals surface area (Å²) in [4.78, 5) is 0. The third-order valence-electron chi connectivity index (χ3n) is 13.4. The van der Waals surface area contributed by atoms with Crippen molar-refractivity contribution in [3.05, 3.63) is 165 Å². The van der Waals surface area contributed by atoms with Gasteiger partial charge in [0.2, 0.25) is 0 Å². The summed E-state index contributed by atoms with van der Waals surface area (Å²) in [6, 6.07) is 30.6. The summed E-state index contributed by atoms with van der Waals surface area (Å²) >= 11 is 0. The van der Waals surface area contributed by atoms with Gasteiger partial charge >= 0.3 is 0 Å². The van der Waals surface area contributed by atoms with E-state index in [-0.39, 0.29) is 25.9 Å². The second kappa shape index (κ2) is 18.9. The molecule has 0 spiro atoms. The van der Waals surface area contributed by atoms with Crippen molar-refractivity contribution in [3.63, 3.8) is 0 Å². The number of halogens is 1. The maximum Gasteiger partial charge on any atom is 0.133 e. The first kappa shape index (κ1) is 45.3. The minimum absolute atomic E-state index is 0. The summed E-state index contributed by atoms with van der Waals surface area (Å²) < 4.78 is 23.8. The van der Waals surface area contributed by atoms with E-state index in [1.54, 1.807) is 12.1 Å². The van der Waals surface area contributed by atoms with E-state index >= 15 is 0 Å². The third kappa shape index (κ3) is 9.59. The summed E-state index contributed by atoms with van der Waals surface area (Å²) in [7, 11) is 7.17. The first-order valence-electron chi connectivity index (χ1n) is 22.6. The number of hydrogen-bond donors (Lipinski definition) is 0. The van der Waals surface area contributed by atoms with Gasteiger partial charge in [0.05, 0.1) is 37.4 Å². The van der Waals surface area contributed by atoms with E-state index in [9.17, 15) is 4.39 Å². The van der Waals surface area contributed by atoms with Crippen molar-refractivity contribution < 1.29 is 38.0 Å². The summed E-state index contributed by atoms with van der Waals surface area (Å²) in [5.41, 5.74) is 14.4. The van der Waals surface area contributed by atoms with E-state index in [0.717, 1.165) is 73.7 Å². The molecule has 9 rings (SSSR count). The molecule has 0 atom stereocenters. The molecule has 2 aliphatic carbocycles. The maximum absolute atomic E-state index is 13.4. The van der Waals surface area contributed by atoms with Gasteiger partial charge in [0.25, 0.3) is 0 Å². The van der Waals surface area contributed by atoms with Gasteiger partial charge in [-0.25, -0.2) is 4.39 Å². The molecule has 3 heterocycles. The Hall–Kier alpha value is -4.74. The molecular formula is C56H63FIrN2OSi-2. The molecule has 3 aromatic heterocycles. The average Bonchev–Trinajstić information content (AvgIpc) is 3.89. The Bertz CT molecular complexity index is 2680. The Morgan fingerprint density at radius 2 is 1.40 bits per heavy atom. The molecule has 62 heavy (non-hydrogen) atoms. The van der Waals surface area contributed by atoms with Crippen LogP contribution in [0.25, 0.3) is 55.6 Å². The second-order valence-corrected chi connectivity index (χ2v) is 24.2. The molecule has 325 valence electrons. The van der Waals surface area contributed by atoms with Crippen LogP contribution in [-0.4, -0.2) is 8.07 Å². The quantitative estimate of drug-likeness (QED) is 0.0844. The van der Waals surface area contributed by atoms with Crippen molar-refractivity contribution in [2.24, 2.45) is 5.92 Å². The predicted molar refractivity (Wildman–Crippen MR) is 256 cm³/mol. The molecule has 0 aliphatic heterocycles. The summed E-state index contributed by atoms with van der Waals surface area (Å²) in [5, 5.41) is 3.60. The Kier molecular flexibility index (Phi) is 13.8. The van der Waals surface area contributed by atoms with Gasteiger partial charge in [-0.3, -0.25) is 0 Å². The number of rotatable bonds is 8. The average molecular weight is 1020 g/mol. The zero-order chi connectivity index (χ0) is 43.0. The van der Waals surface area contributed by atoms with Crippen molar-refractivity contribution in [2.75, 3.05) is 0 Å². The normalized spacial score (nSPS) is 14.9. The van der Waals surface area contributed by atoms with Gasteiger partial charge in [0.1, 0.15) is 11.4 Å². The van der Waals surface area contributed by atoms with Gasteiger partial charge in [-0.15, -0.1) is 23.3 Å². The molecule has 0 bridgehead atoms. The molecule has 2 fully saturated rings. The van der Waals surface area contributed by atoms with E-state index in [1.807, 2.05) is 22.9 Å². The standard InChI is InChI=1S/C31H27FNO.C25H36NSi.Ir/c1-20-7-13-26-27-19-24(23-8-11-25(32)12-9-23)10-14-29(27)34-31(26)30(20)28-18-22(15-16-33(28)2)17-21-5-3-4-6-21;1-18(2)23-16-24(26(4)17-25(23)27(5,6)7)22-14-13-21(15-19(22)3)20-11-9-8-10-12-20;/h7-16,18-19,21H,1-6,17H2;13-18,20H,3-4,8-12H2,1-2,5-7H3;/q2*-1;. The van der Waals surface area contributed by atoms with Crippen molar-refractivity contribution >= 4 is 35.2 Å². The zero-order valence-corrected chi connectivity index (χ0v) is 40.9. The molecule has 2 saturated carbocycles.